The van der Waals surface area contributed by atoms with Gasteiger partial charge in [-0.05, 0) is 29.2 Å². The Morgan fingerprint density at radius 3 is 2.00 bits per heavy atom. The number of benzene rings is 1. The number of hydrogen-bond acceptors (Lipinski definition) is 2. The zero-order chi connectivity index (χ0) is 15.0. The number of ether oxygens (including phenoxy) is 1. The van der Waals surface area contributed by atoms with Crippen molar-refractivity contribution in [3.63, 3.8) is 0 Å². The second kappa shape index (κ2) is 5.28. The Hall–Kier alpha value is -1.23. The topological polar surface area (TPSA) is 12.5 Å². The predicted octanol–water partition coefficient (Wildman–Crippen LogP) is 3.84. The highest BCUT2D eigenvalue weighted by atomic mass is 19.4. The van der Waals surface area contributed by atoms with Crippen molar-refractivity contribution in [1.29, 1.82) is 0 Å². The number of rotatable bonds is 1. The normalized spacial score (nSPS) is 17.4. The van der Waals surface area contributed by atoms with Crippen molar-refractivity contribution in [2.75, 3.05) is 31.2 Å². The maximum Gasteiger partial charge on any atom is 0.416 e. The lowest BCUT2D eigenvalue weighted by atomic mass is 9.85. The summed E-state index contributed by atoms with van der Waals surface area (Å²) < 4.78 is 44.4. The van der Waals surface area contributed by atoms with E-state index in [1.54, 1.807) is 0 Å². The molecule has 1 aliphatic heterocycles. The van der Waals surface area contributed by atoms with E-state index in [4.69, 9.17) is 4.74 Å². The summed E-state index contributed by atoms with van der Waals surface area (Å²) in [7, 11) is 0. The van der Waals surface area contributed by atoms with Gasteiger partial charge < -0.3 is 9.64 Å². The summed E-state index contributed by atoms with van der Waals surface area (Å²) in [6, 6.07) is 4.35. The number of morpholine rings is 1. The van der Waals surface area contributed by atoms with Gasteiger partial charge in [0.2, 0.25) is 0 Å². The molecule has 0 N–H and O–H groups in total. The van der Waals surface area contributed by atoms with Gasteiger partial charge in [-0.3, -0.25) is 0 Å². The molecule has 1 heterocycles. The van der Waals surface area contributed by atoms with Crippen LogP contribution in [0.1, 0.15) is 31.9 Å². The molecule has 0 aromatic heterocycles. The first-order chi connectivity index (χ1) is 9.18. The summed E-state index contributed by atoms with van der Waals surface area (Å²) in [6.07, 6.45) is -4.32. The smallest absolute Gasteiger partial charge is 0.378 e. The molecule has 0 unspecified atom stereocenters. The predicted molar refractivity (Wildman–Crippen MR) is 73.2 cm³/mol. The fourth-order valence-electron chi connectivity index (χ4n) is 2.21. The third-order valence-electron chi connectivity index (χ3n) is 3.49. The fourth-order valence-corrected chi connectivity index (χ4v) is 2.21. The second-order valence-corrected chi connectivity index (χ2v) is 6.12. The van der Waals surface area contributed by atoms with Crippen LogP contribution < -0.4 is 4.90 Å². The zero-order valence-corrected chi connectivity index (χ0v) is 12.0. The summed E-state index contributed by atoms with van der Waals surface area (Å²) in [5.74, 6) is 0. The molecule has 5 heteroatoms. The van der Waals surface area contributed by atoms with Crippen LogP contribution in [0, 0.1) is 0 Å². The Morgan fingerprint density at radius 2 is 1.50 bits per heavy atom. The van der Waals surface area contributed by atoms with Gasteiger partial charge in [-0.2, -0.15) is 13.2 Å². The average molecular weight is 287 g/mol. The molecule has 112 valence electrons. The Kier molecular flexibility index (Phi) is 4.00. The molecular formula is C15H20F3NO. The first-order valence-electron chi connectivity index (χ1n) is 6.73. The van der Waals surface area contributed by atoms with E-state index in [9.17, 15) is 13.2 Å². The molecule has 0 saturated carbocycles. The van der Waals surface area contributed by atoms with Crippen LogP contribution in [-0.2, 0) is 16.3 Å². The van der Waals surface area contributed by atoms with Crippen LogP contribution in [0.5, 0.6) is 0 Å². The number of halogens is 3. The van der Waals surface area contributed by atoms with E-state index in [1.165, 1.54) is 12.1 Å². The molecule has 0 amide bonds. The molecule has 20 heavy (non-hydrogen) atoms. The highest BCUT2D eigenvalue weighted by Gasteiger charge is 2.33. The number of anilines is 1. The first kappa shape index (κ1) is 15.2. The maximum atomic E-state index is 13.1. The molecular weight excluding hydrogens is 267 g/mol. The Bertz CT molecular complexity index is 439. The van der Waals surface area contributed by atoms with Crippen LogP contribution in [0.25, 0.3) is 0 Å². The molecule has 0 bridgehead atoms. The third kappa shape index (κ3) is 3.45. The van der Waals surface area contributed by atoms with Gasteiger partial charge in [0.25, 0.3) is 0 Å². The van der Waals surface area contributed by atoms with Crippen LogP contribution in [-0.4, -0.2) is 26.3 Å². The van der Waals surface area contributed by atoms with Crippen molar-refractivity contribution >= 4 is 5.69 Å². The van der Waals surface area contributed by atoms with Gasteiger partial charge >= 0.3 is 6.18 Å². The van der Waals surface area contributed by atoms with E-state index < -0.39 is 11.7 Å². The summed E-state index contributed by atoms with van der Waals surface area (Å²) in [4.78, 5) is 1.95. The van der Waals surface area contributed by atoms with E-state index in [-0.39, 0.29) is 5.41 Å². The molecule has 0 spiro atoms. The highest BCUT2D eigenvalue weighted by molar-refractivity contribution is 5.53. The summed E-state index contributed by atoms with van der Waals surface area (Å²) >= 11 is 0. The van der Waals surface area contributed by atoms with Gasteiger partial charge in [0.1, 0.15) is 0 Å². The summed E-state index contributed by atoms with van der Waals surface area (Å²) in [6.45, 7) is 8.14. The Labute approximate surface area is 117 Å². The van der Waals surface area contributed by atoms with E-state index >= 15 is 0 Å². The lowest BCUT2D eigenvalue weighted by Crippen LogP contribution is -2.36. The molecule has 1 aliphatic rings. The standard InChI is InChI=1S/C15H20F3NO/c1-14(2,3)11-8-12(15(16,17)18)10-13(9-11)19-4-6-20-7-5-19/h8-10H,4-7H2,1-3H3. The van der Waals surface area contributed by atoms with Gasteiger partial charge in [-0.25, -0.2) is 0 Å². The number of alkyl halides is 3. The van der Waals surface area contributed by atoms with Crippen molar-refractivity contribution < 1.29 is 17.9 Å². The Balaban J connectivity index is 2.45. The van der Waals surface area contributed by atoms with E-state index in [1.807, 2.05) is 31.7 Å². The number of nitrogens with zero attached hydrogens (tertiary/aromatic N) is 1. The van der Waals surface area contributed by atoms with Crippen LogP contribution in [0.2, 0.25) is 0 Å². The van der Waals surface area contributed by atoms with E-state index in [2.05, 4.69) is 0 Å². The van der Waals surface area contributed by atoms with E-state index in [0.717, 1.165) is 0 Å². The minimum absolute atomic E-state index is 0.317. The SMILES string of the molecule is CC(C)(C)c1cc(N2CCOCC2)cc(C(F)(F)F)c1. The van der Waals surface area contributed by atoms with Crippen molar-refractivity contribution in [1.82, 2.24) is 0 Å². The van der Waals surface area contributed by atoms with Gasteiger partial charge in [-0.15, -0.1) is 0 Å². The fraction of sp³-hybridized carbons (Fsp3) is 0.600. The molecule has 0 radical (unpaired) electrons. The maximum absolute atomic E-state index is 13.1. The minimum Gasteiger partial charge on any atom is -0.378 e. The van der Waals surface area contributed by atoms with Crippen molar-refractivity contribution in [3.8, 4) is 0 Å². The van der Waals surface area contributed by atoms with Gasteiger partial charge in [0, 0.05) is 18.8 Å². The van der Waals surface area contributed by atoms with Crippen molar-refractivity contribution in [3.05, 3.63) is 29.3 Å². The monoisotopic (exact) mass is 287 g/mol. The molecule has 2 nitrogen and oxygen atoms in total. The molecule has 1 fully saturated rings. The van der Waals surface area contributed by atoms with Gasteiger partial charge in [-0.1, -0.05) is 20.8 Å². The quantitative estimate of drug-likeness (QED) is 0.778. The summed E-state index contributed by atoms with van der Waals surface area (Å²) in [5.41, 5.74) is 0.441. The Morgan fingerprint density at radius 1 is 0.950 bits per heavy atom. The second-order valence-electron chi connectivity index (χ2n) is 6.12. The average Bonchev–Trinajstić information content (AvgIpc) is 2.37. The van der Waals surface area contributed by atoms with Crippen LogP contribution in [0.15, 0.2) is 18.2 Å². The lowest BCUT2D eigenvalue weighted by Gasteiger charge is -2.31. The minimum atomic E-state index is -4.32. The molecule has 1 saturated heterocycles. The zero-order valence-electron chi connectivity index (χ0n) is 12.0. The van der Waals surface area contributed by atoms with Crippen molar-refractivity contribution in [2.24, 2.45) is 0 Å². The third-order valence-corrected chi connectivity index (χ3v) is 3.49. The largest absolute Gasteiger partial charge is 0.416 e. The molecule has 0 atom stereocenters. The molecule has 1 aromatic rings. The number of hydrogen-bond donors (Lipinski definition) is 0. The first-order valence-corrected chi connectivity index (χ1v) is 6.73. The summed E-state index contributed by atoms with van der Waals surface area (Å²) in [5, 5.41) is 0. The van der Waals surface area contributed by atoms with Crippen LogP contribution >= 0.6 is 0 Å². The molecule has 0 aliphatic carbocycles. The molecule has 2 rings (SSSR count). The van der Waals surface area contributed by atoms with Gasteiger partial charge in [0.05, 0.1) is 18.8 Å². The van der Waals surface area contributed by atoms with Gasteiger partial charge in [0.15, 0.2) is 0 Å². The highest BCUT2D eigenvalue weighted by Crippen LogP contribution is 2.36. The van der Waals surface area contributed by atoms with Crippen LogP contribution in [0.3, 0.4) is 0 Å². The van der Waals surface area contributed by atoms with E-state index in [0.29, 0.717) is 37.6 Å². The van der Waals surface area contributed by atoms with Crippen molar-refractivity contribution in [2.45, 2.75) is 32.4 Å². The lowest BCUT2D eigenvalue weighted by molar-refractivity contribution is -0.137. The van der Waals surface area contributed by atoms with Crippen LogP contribution in [0.4, 0.5) is 18.9 Å². The molecule has 1 aromatic carbocycles.